The third kappa shape index (κ3) is 8.04. The van der Waals surface area contributed by atoms with Gasteiger partial charge in [-0.3, -0.25) is 13.9 Å². The highest BCUT2D eigenvalue weighted by Crippen LogP contribution is 2.31. The smallest absolute Gasteiger partial charge is 0.264 e. The van der Waals surface area contributed by atoms with Gasteiger partial charge in [-0.05, 0) is 60.9 Å². The van der Waals surface area contributed by atoms with Crippen LogP contribution in [-0.2, 0) is 26.2 Å². The van der Waals surface area contributed by atoms with Gasteiger partial charge in [0.2, 0.25) is 11.8 Å². The number of amides is 2. The van der Waals surface area contributed by atoms with E-state index in [1.165, 1.54) is 41.3 Å². The van der Waals surface area contributed by atoms with Crippen LogP contribution < -0.4 is 9.62 Å². The molecule has 0 bridgehead atoms. The molecule has 0 heterocycles. The molecule has 0 unspecified atom stereocenters. The van der Waals surface area contributed by atoms with Gasteiger partial charge in [-0.2, -0.15) is 0 Å². The summed E-state index contributed by atoms with van der Waals surface area (Å²) in [5, 5.41) is 3.89. The molecular formula is C28H29Cl4N3O4S. The molecule has 0 fully saturated rings. The zero-order valence-electron chi connectivity index (χ0n) is 22.1. The van der Waals surface area contributed by atoms with Crippen LogP contribution in [0.2, 0.25) is 20.1 Å². The maximum Gasteiger partial charge on any atom is 0.264 e. The molecule has 0 radical (unpaired) electrons. The molecular weight excluding hydrogens is 616 g/mol. The fourth-order valence-corrected chi connectivity index (χ4v) is 5.94. The third-order valence-corrected chi connectivity index (χ3v) is 9.12. The molecule has 0 aliphatic carbocycles. The summed E-state index contributed by atoms with van der Waals surface area (Å²) in [6, 6.07) is 15.8. The van der Waals surface area contributed by atoms with Crippen molar-refractivity contribution < 1.29 is 18.0 Å². The average molecular weight is 645 g/mol. The molecule has 0 saturated heterocycles. The molecule has 12 heteroatoms. The Kier molecular flexibility index (Phi) is 11.1. The Morgan fingerprint density at radius 1 is 0.850 bits per heavy atom. The molecule has 0 aliphatic heterocycles. The molecule has 3 aromatic carbocycles. The minimum Gasteiger partial charge on any atom is -0.354 e. The summed E-state index contributed by atoms with van der Waals surface area (Å²) in [5.41, 5.74) is 0.669. The Morgan fingerprint density at radius 3 is 2.12 bits per heavy atom. The Balaban J connectivity index is 2.05. The second kappa shape index (κ2) is 13.9. The van der Waals surface area contributed by atoms with Gasteiger partial charge in [-0.15, -0.1) is 0 Å². The minimum atomic E-state index is -4.23. The maximum absolute atomic E-state index is 13.9. The average Bonchev–Trinajstić information content (AvgIpc) is 2.91. The van der Waals surface area contributed by atoms with Crippen LogP contribution in [0.3, 0.4) is 0 Å². The number of sulfonamides is 1. The Morgan fingerprint density at radius 2 is 1.52 bits per heavy atom. The summed E-state index contributed by atoms with van der Waals surface area (Å²) < 4.78 is 28.5. The topological polar surface area (TPSA) is 86.8 Å². The fourth-order valence-electron chi connectivity index (χ4n) is 3.76. The standard InChI is InChI=1S/C28H29Cl4N3O4S/c1-18(2)15-33-28(37)19(3)34(16-20-9-10-21(29)13-25(20)31)27(36)17-35(22-11-12-24(30)26(32)14-22)40(38,39)23-7-5-4-6-8-23/h4-14,18-19H,15-17H2,1-3H3,(H,33,37)/t19-/m0/s1. The van der Waals surface area contributed by atoms with Crippen LogP contribution in [0.5, 0.6) is 0 Å². The highest BCUT2D eigenvalue weighted by atomic mass is 35.5. The lowest BCUT2D eigenvalue weighted by atomic mass is 10.1. The molecule has 214 valence electrons. The zero-order chi connectivity index (χ0) is 29.6. The molecule has 7 nitrogen and oxygen atoms in total. The molecule has 0 aromatic heterocycles. The molecule has 1 N–H and O–H groups in total. The number of hydrogen-bond acceptors (Lipinski definition) is 4. The Labute approximate surface area is 255 Å². The first-order valence-electron chi connectivity index (χ1n) is 12.3. The van der Waals surface area contributed by atoms with Crippen LogP contribution in [0.15, 0.2) is 71.6 Å². The number of benzene rings is 3. The van der Waals surface area contributed by atoms with Crippen molar-refractivity contribution in [2.75, 3.05) is 17.4 Å². The summed E-state index contributed by atoms with van der Waals surface area (Å²) in [4.78, 5) is 28.3. The lowest BCUT2D eigenvalue weighted by Gasteiger charge is -2.32. The molecule has 0 spiro atoms. The lowest BCUT2D eigenvalue weighted by molar-refractivity contribution is -0.139. The van der Waals surface area contributed by atoms with E-state index in [-0.39, 0.29) is 39.0 Å². The zero-order valence-corrected chi connectivity index (χ0v) is 25.9. The highest BCUT2D eigenvalue weighted by molar-refractivity contribution is 7.92. The van der Waals surface area contributed by atoms with Gasteiger partial charge in [0, 0.05) is 23.1 Å². The van der Waals surface area contributed by atoms with E-state index in [2.05, 4.69) is 5.32 Å². The van der Waals surface area contributed by atoms with Gasteiger partial charge in [0.15, 0.2) is 0 Å². The quantitative estimate of drug-likeness (QED) is 0.252. The number of rotatable bonds is 11. The molecule has 0 aliphatic rings. The van der Waals surface area contributed by atoms with Crippen molar-refractivity contribution in [3.8, 4) is 0 Å². The number of carbonyl (C=O) groups excluding carboxylic acids is 2. The van der Waals surface area contributed by atoms with Gasteiger partial charge in [0.1, 0.15) is 12.6 Å². The number of anilines is 1. The largest absolute Gasteiger partial charge is 0.354 e. The predicted molar refractivity (Wildman–Crippen MR) is 162 cm³/mol. The number of nitrogens with one attached hydrogen (secondary N) is 1. The fraction of sp³-hybridized carbons (Fsp3) is 0.286. The first kappa shape index (κ1) is 32.0. The summed E-state index contributed by atoms with van der Waals surface area (Å²) >= 11 is 24.7. The van der Waals surface area contributed by atoms with E-state index < -0.39 is 28.5 Å². The van der Waals surface area contributed by atoms with Crippen LogP contribution in [0.25, 0.3) is 0 Å². The van der Waals surface area contributed by atoms with Gasteiger partial charge in [0.25, 0.3) is 10.0 Å². The normalized spacial score (nSPS) is 12.2. The molecule has 3 rings (SSSR count). The van der Waals surface area contributed by atoms with Gasteiger partial charge in [-0.25, -0.2) is 8.42 Å². The van der Waals surface area contributed by atoms with Gasteiger partial charge in [-0.1, -0.05) is 84.5 Å². The van der Waals surface area contributed by atoms with Crippen molar-refractivity contribution in [1.82, 2.24) is 10.2 Å². The van der Waals surface area contributed by atoms with E-state index in [0.29, 0.717) is 22.2 Å². The van der Waals surface area contributed by atoms with E-state index in [1.807, 2.05) is 13.8 Å². The van der Waals surface area contributed by atoms with Crippen molar-refractivity contribution in [3.05, 3.63) is 92.4 Å². The summed E-state index contributed by atoms with van der Waals surface area (Å²) in [6.45, 7) is 5.20. The minimum absolute atomic E-state index is 0.0242. The van der Waals surface area contributed by atoms with Crippen LogP contribution in [-0.4, -0.2) is 44.3 Å². The van der Waals surface area contributed by atoms with E-state index in [9.17, 15) is 18.0 Å². The first-order valence-corrected chi connectivity index (χ1v) is 15.3. The molecule has 0 saturated carbocycles. The number of hydrogen-bond donors (Lipinski definition) is 1. The van der Waals surface area contributed by atoms with Crippen molar-refractivity contribution in [2.24, 2.45) is 5.92 Å². The lowest BCUT2D eigenvalue weighted by Crippen LogP contribution is -2.51. The number of carbonyl (C=O) groups is 2. The number of nitrogens with zero attached hydrogens (tertiary/aromatic N) is 2. The van der Waals surface area contributed by atoms with E-state index in [0.717, 1.165) is 4.31 Å². The van der Waals surface area contributed by atoms with Crippen molar-refractivity contribution in [2.45, 2.75) is 38.3 Å². The van der Waals surface area contributed by atoms with Gasteiger partial charge >= 0.3 is 0 Å². The van der Waals surface area contributed by atoms with Crippen LogP contribution in [0.4, 0.5) is 5.69 Å². The number of halogens is 4. The summed E-state index contributed by atoms with van der Waals surface area (Å²) in [6.07, 6.45) is 0. The predicted octanol–water partition coefficient (Wildman–Crippen LogP) is 6.69. The third-order valence-electron chi connectivity index (χ3n) is 6.01. The van der Waals surface area contributed by atoms with E-state index in [1.54, 1.807) is 37.3 Å². The monoisotopic (exact) mass is 643 g/mol. The second-order valence-electron chi connectivity index (χ2n) is 9.50. The second-order valence-corrected chi connectivity index (χ2v) is 13.0. The summed E-state index contributed by atoms with van der Waals surface area (Å²) in [5.74, 6) is -0.838. The van der Waals surface area contributed by atoms with Gasteiger partial charge < -0.3 is 10.2 Å². The Bertz CT molecular complexity index is 1470. The highest BCUT2D eigenvalue weighted by Gasteiger charge is 2.33. The maximum atomic E-state index is 13.9. The van der Waals surface area contributed by atoms with Crippen LogP contribution in [0, 0.1) is 5.92 Å². The SMILES string of the molecule is CC(C)CNC(=O)[C@H](C)N(Cc1ccc(Cl)cc1Cl)C(=O)CN(c1ccc(Cl)c(Cl)c1)S(=O)(=O)c1ccccc1. The molecule has 1 atom stereocenters. The van der Waals surface area contributed by atoms with Crippen molar-refractivity contribution in [3.63, 3.8) is 0 Å². The van der Waals surface area contributed by atoms with E-state index >= 15 is 0 Å². The van der Waals surface area contributed by atoms with Crippen molar-refractivity contribution in [1.29, 1.82) is 0 Å². The molecule has 40 heavy (non-hydrogen) atoms. The Hall–Kier alpha value is -2.49. The molecule has 3 aromatic rings. The first-order chi connectivity index (χ1) is 18.8. The van der Waals surface area contributed by atoms with Crippen LogP contribution >= 0.6 is 46.4 Å². The summed E-state index contributed by atoms with van der Waals surface area (Å²) in [7, 11) is -4.23. The van der Waals surface area contributed by atoms with Crippen molar-refractivity contribution >= 4 is 73.9 Å². The van der Waals surface area contributed by atoms with E-state index in [4.69, 9.17) is 46.4 Å². The van der Waals surface area contributed by atoms with Gasteiger partial charge in [0.05, 0.1) is 20.6 Å². The van der Waals surface area contributed by atoms with Crippen LogP contribution in [0.1, 0.15) is 26.3 Å². The molecule has 2 amide bonds.